The number of likely N-dealkylation sites (tertiary alicyclic amines) is 1. The number of piperidine rings is 1. The zero-order valence-corrected chi connectivity index (χ0v) is 22.1. The lowest BCUT2D eigenvalue weighted by molar-refractivity contribution is -0.186. The van der Waals surface area contributed by atoms with Gasteiger partial charge in [-0.2, -0.15) is 13.2 Å². The quantitative estimate of drug-likeness (QED) is 0.383. The molecule has 5 nitrogen and oxygen atoms in total. The van der Waals surface area contributed by atoms with Gasteiger partial charge in [0.05, 0.1) is 17.2 Å². The van der Waals surface area contributed by atoms with E-state index in [4.69, 9.17) is 4.74 Å². The molecule has 2 aromatic carbocycles. The summed E-state index contributed by atoms with van der Waals surface area (Å²) >= 11 is 0. The lowest BCUT2D eigenvalue weighted by Crippen LogP contribution is -2.54. The Morgan fingerprint density at radius 2 is 1.68 bits per heavy atom. The van der Waals surface area contributed by atoms with Gasteiger partial charge in [-0.05, 0) is 79.1 Å². The summed E-state index contributed by atoms with van der Waals surface area (Å²) in [6, 6.07) is 17.3. The third-order valence-corrected chi connectivity index (χ3v) is 9.24. The van der Waals surface area contributed by atoms with Crippen molar-refractivity contribution in [1.29, 1.82) is 0 Å². The van der Waals surface area contributed by atoms with Crippen LogP contribution in [-0.2, 0) is 27.8 Å². The number of alkyl halides is 3. The maximum absolute atomic E-state index is 13.1. The van der Waals surface area contributed by atoms with E-state index in [1.54, 1.807) is 24.4 Å². The fraction of sp³-hybridized carbons (Fsp3) is 0.414. The molecular formula is C29H31F3N2O3S. The number of ether oxygens (including phenoxy) is 1. The van der Waals surface area contributed by atoms with Crippen LogP contribution in [0.25, 0.3) is 11.1 Å². The molecule has 1 aromatic heterocycles. The largest absolute Gasteiger partial charge is 0.487 e. The van der Waals surface area contributed by atoms with Gasteiger partial charge in [-0.3, -0.25) is 9.88 Å². The molecule has 0 radical (unpaired) electrons. The molecule has 0 N–H and O–H groups in total. The molecule has 1 saturated heterocycles. The predicted octanol–water partition coefficient (Wildman–Crippen LogP) is 5.97. The molecule has 9 heteroatoms. The van der Waals surface area contributed by atoms with E-state index in [0.717, 1.165) is 40.8 Å². The molecule has 1 fully saturated rings. The van der Waals surface area contributed by atoms with Crippen LogP contribution in [0.2, 0.25) is 0 Å². The van der Waals surface area contributed by atoms with Gasteiger partial charge in [0.15, 0.2) is 9.84 Å². The van der Waals surface area contributed by atoms with Crippen molar-refractivity contribution in [1.82, 2.24) is 9.88 Å². The molecule has 1 atom stereocenters. The van der Waals surface area contributed by atoms with Gasteiger partial charge >= 0.3 is 6.18 Å². The summed E-state index contributed by atoms with van der Waals surface area (Å²) in [4.78, 5) is 5.61. The number of sulfone groups is 1. The highest BCUT2D eigenvalue weighted by atomic mass is 32.2. The number of aromatic nitrogens is 1. The van der Waals surface area contributed by atoms with Crippen LogP contribution in [-0.4, -0.2) is 49.2 Å². The third-order valence-electron chi connectivity index (χ3n) is 7.74. The zero-order valence-electron chi connectivity index (χ0n) is 21.2. The van der Waals surface area contributed by atoms with Crippen LogP contribution in [0.15, 0.2) is 66.9 Å². The first-order chi connectivity index (χ1) is 18.0. The van der Waals surface area contributed by atoms with Gasteiger partial charge in [0.2, 0.25) is 0 Å². The number of benzene rings is 2. The van der Waals surface area contributed by atoms with Crippen molar-refractivity contribution in [2.45, 2.75) is 61.9 Å². The van der Waals surface area contributed by atoms with Crippen molar-refractivity contribution in [2.75, 3.05) is 13.1 Å². The molecule has 202 valence electrons. The second kappa shape index (κ2) is 10.3. The highest BCUT2D eigenvalue weighted by Crippen LogP contribution is 2.41. The Balaban J connectivity index is 1.22. The maximum Gasteiger partial charge on any atom is 0.403 e. The van der Waals surface area contributed by atoms with Gasteiger partial charge in [-0.15, -0.1) is 0 Å². The first kappa shape index (κ1) is 26.7. The van der Waals surface area contributed by atoms with E-state index in [0.29, 0.717) is 31.6 Å². The summed E-state index contributed by atoms with van der Waals surface area (Å²) in [5.41, 5.74) is 3.93. The molecule has 2 aliphatic heterocycles. The van der Waals surface area contributed by atoms with Crippen molar-refractivity contribution in [3.8, 4) is 16.9 Å². The van der Waals surface area contributed by atoms with E-state index in [-0.39, 0.29) is 11.5 Å². The number of halogens is 3. The Labute approximate surface area is 221 Å². The minimum absolute atomic E-state index is 0.0524. The number of aryl methyl sites for hydroxylation is 1. The third kappa shape index (κ3) is 6.04. The standard InChI is InChI=1S/C29H31F3N2O3S/c1-21(29(30,31)32)34-16-13-28(14-17-34)12-11-25-18-24(9-10-27(25)37-28)23-7-5-22(6-8-23)19-38(35,36)20-26-4-2-3-15-33-26/h2-10,15,18,21H,11-14,16-17,19-20H2,1H3. The second-order valence-corrected chi connectivity index (χ2v) is 12.5. The Bertz CT molecular complexity index is 1370. The van der Waals surface area contributed by atoms with Gasteiger partial charge in [0.1, 0.15) is 17.4 Å². The number of nitrogens with zero attached hydrogens (tertiary/aromatic N) is 2. The molecule has 1 unspecified atom stereocenters. The zero-order chi connectivity index (χ0) is 27.0. The number of fused-ring (bicyclic) bond motifs is 1. The fourth-order valence-corrected chi connectivity index (χ4v) is 6.81. The van der Waals surface area contributed by atoms with Crippen molar-refractivity contribution in [3.63, 3.8) is 0 Å². The van der Waals surface area contributed by atoms with Gasteiger partial charge in [0, 0.05) is 19.3 Å². The summed E-state index contributed by atoms with van der Waals surface area (Å²) in [7, 11) is -3.34. The first-order valence-corrected chi connectivity index (χ1v) is 14.7. The average Bonchev–Trinajstić information content (AvgIpc) is 2.88. The number of hydrogen-bond acceptors (Lipinski definition) is 5. The van der Waals surface area contributed by atoms with Gasteiger partial charge in [0.25, 0.3) is 0 Å². The summed E-state index contributed by atoms with van der Waals surface area (Å²) in [6.07, 6.45) is 0.128. The predicted molar refractivity (Wildman–Crippen MR) is 140 cm³/mol. The Morgan fingerprint density at radius 3 is 2.34 bits per heavy atom. The molecule has 0 amide bonds. The molecule has 0 bridgehead atoms. The van der Waals surface area contributed by atoms with Crippen molar-refractivity contribution in [3.05, 3.63) is 83.7 Å². The number of rotatable bonds is 6. The highest BCUT2D eigenvalue weighted by molar-refractivity contribution is 7.89. The minimum Gasteiger partial charge on any atom is -0.487 e. The normalized spacial score (nSPS) is 18.5. The number of hydrogen-bond donors (Lipinski definition) is 0. The van der Waals surface area contributed by atoms with E-state index in [9.17, 15) is 21.6 Å². The molecule has 0 saturated carbocycles. The Kier molecular flexibility index (Phi) is 7.26. The molecule has 3 heterocycles. The van der Waals surface area contributed by atoms with Crippen molar-refractivity contribution < 1.29 is 26.3 Å². The lowest BCUT2D eigenvalue weighted by atomic mass is 9.82. The van der Waals surface area contributed by atoms with Crippen LogP contribution in [0.5, 0.6) is 5.75 Å². The molecule has 3 aromatic rings. The molecule has 1 spiro atoms. The van der Waals surface area contributed by atoms with E-state index in [1.165, 1.54) is 11.8 Å². The molecular weight excluding hydrogens is 513 g/mol. The lowest BCUT2D eigenvalue weighted by Gasteiger charge is -2.46. The van der Waals surface area contributed by atoms with Crippen LogP contribution in [0, 0.1) is 0 Å². The number of pyridine rings is 1. The molecule has 38 heavy (non-hydrogen) atoms. The summed E-state index contributed by atoms with van der Waals surface area (Å²) in [6.45, 7) is 1.97. The smallest absolute Gasteiger partial charge is 0.403 e. The van der Waals surface area contributed by atoms with Crippen LogP contribution >= 0.6 is 0 Å². The van der Waals surface area contributed by atoms with Gasteiger partial charge in [-0.1, -0.05) is 36.4 Å². The SMILES string of the molecule is CC(N1CCC2(CCc3cc(-c4ccc(CS(=O)(=O)Cc5ccccn5)cc4)ccc3O2)CC1)C(F)(F)F. The monoisotopic (exact) mass is 544 g/mol. The highest BCUT2D eigenvalue weighted by Gasteiger charge is 2.45. The van der Waals surface area contributed by atoms with E-state index < -0.39 is 27.7 Å². The maximum atomic E-state index is 13.1. The van der Waals surface area contributed by atoms with E-state index in [2.05, 4.69) is 11.1 Å². The fourth-order valence-electron chi connectivity index (χ4n) is 5.39. The van der Waals surface area contributed by atoms with Crippen LogP contribution in [0.4, 0.5) is 13.2 Å². The van der Waals surface area contributed by atoms with Crippen molar-refractivity contribution in [2.24, 2.45) is 0 Å². The van der Waals surface area contributed by atoms with E-state index in [1.807, 2.05) is 36.4 Å². The molecule has 2 aliphatic rings. The van der Waals surface area contributed by atoms with Crippen molar-refractivity contribution >= 4 is 9.84 Å². The first-order valence-electron chi connectivity index (χ1n) is 12.8. The van der Waals surface area contributed by atoms with E-state index >= 15 is 0 Å². The summed E-state index contributed by atoms with van der Waals surface area (Å²) in [5, 5.41) is 0. The van der Waals surface area contributed by atoms with Gasteiger partial charge < -0.3 is 4.74 Å². The second-order valence-electron chi connectivity index (χ2n) is 10.4. The minimum atomic E-state index is -4.22. The molecule has 5 rings (SSSR count). The average molecular weight is 545 g/mol. The summed E-state index contributed by atoms with van der Waals surface area (Å²) < 4.78 is 71.0. The Hall–Kier alpha value is -2.91. The van der Waals surface area contributed by atoms with Crippen LogP contribution < -0.4 is 4.74 Å². The Morgan fingerprint density at radius 1 is 0.974 bits per heavy atom. The molecule has 0 aliphatic carbocycles. The van der Waals surface area contributed by atoms with Crippen LogP contribution in [0.1, 0.15) is 43.0 Å². The van der Waals surface area contributed by atoms with Crippen LogP contribution in [0.3, 0.4) is 0 Å². The van der Waals surface area contributed by atoms with Gasteiger partial charge in [-0.25, -0.2) is 8.42 Å². The summed E-state index contributed by atoms with van der Waals surface area (Å²) in [5.74, 6) is 0.652. The topological polar surface area (TPSA) is 59.5 Å².